The second-order valence-electron chi connectivity index (χ2n) is 5.28. The molecule has 5 heteroatoms. The lowest BCUT2D eigenvalue weighted by Gasteiger charge is -2.38. The normalized spacial score (nSPS) is 25.6. The summed E-state index contributed by atoms with van der Waals surface area (Å²) < 4.78 is 0. The van der Waals surface area contributed by atoms with Crippen LogP contribution in [-0.2, 0) is 4.79 Å². The van der Waals surface area contributed by atoms with Crippen LogP contribution >= 0.6 is 0 Å². The number of aliphatic imine (C=N–C) groups is 1. The fraction of sp³-hybridized carbons (Fsp3) is 0.400. The third-order valence-electron chi connectivity index (χ3n) is 3.88. The number of rotatable bonds is 1. The van der Waals surface area contributed by atoms with Gasteiger partial charge in [0, 0.05) is 18.7 Å². The second kappa shape index (κ2) is 5.07. The van der Waals surface area contributed by atoms with Crippen LogP contribution in [0.25, 0.3) is 0 Å². The molecule has 1 aromatic rings. The Morgan fingerprint density at radius 2 is 2.10 bits per heavy atom. The number of nitrogens with one attached hydrogen (secondary N) is 1. The molecular weight excluding hydrogens is 254 g/mol. The molecule has 3 rings (SSSR count). The number of amides is 2. The summed E-state index contributed by atoms with van der Waals surface area (Å²) in [6.45, 7) is 2.90. The molecule has 1 aromatic carbocycles. The van der Waals surface area contributed by atoms with E-state index in [1.54, 1.807) is 24.0 Å². The zero-order valence-corrected chi connectivity index (χ0v) is 11.4. The van der Waals surface area contributed by atoms with E-state index in [-0.39, 0.29) is 23.8 Å². The first kappa shape index (κ1) is 12.8. The van der Waals surface area contributed by atoms with Crippen LogP contribution < -0.4 is 5.32 Å². The van der Waals surface area contributed by atoms with Gasteiger partial charge in [-0.25, -0.2) is 0 Å². The quantitative estimate of drug-likeness (QED) is 0.830. The van der Waals surface area contributed by atoms with Gasteiger partial charge in [-0.15, -0.1) is 0 Å². The molecule has 1 saturated heterocycles. The molecule has 2 heterocycles. The molecule has 104 valence electrons. The van der Waals surface area contributed by atoms with E-state index in [1.165, 1.54) is 0 Å². The van der Waals surface area contributed by atoms with Crippen molar-refractivity contribution in [1.82, 2.24) is 10.2 Å². The Bertz CT molecular complexity index is 568. The molecule has 0 aliphatic carbocycles. The van der Waals surface area contributed by atoms with Crippen LogP contribution in [0.1, 0.15) is 23.7 Å². The molecule has 2 amide bonds. The van der Waals surface area contributed by atoms with Gasteiger partial charge in [0.25, 0.3) is 5.91 Å². The first-order chi connectivity index (χ1) is 9.65. The number of fused-ring (bicyclic) bond motifs is 1. The zero-order chi connectivity index (χ0) is 14.1. The van der Waals surface area contributed by atoms with Crippen molar-refractivity contribution in [3.63, 3.8) is 0 Å². The highest BCUT2D eigenvalue weighted by atomic mass is 16.2. The first-order valence-electron chi connectivity index (χ1n) is 6.85. The maximum atomic E-state index is 12.4. The van der Waals surface area contributed by atoms with Crippen LogP contribution in [0.15, 0.2) is 35.3 Å². The highest BCUT2D eigenvalue weighted by molar-refractivity contribution is 6.01. The highest BCUT2D eigenvalue weighted by Gasteiger charge is 2.38. The molecule has 20 heavy (non-hydrogen) atoms. The third kappa shape index (κ3) is 2.31. The minimum Gasteiger partial charge on any atom is -0.338 e. The Kier molecular flexibility index (Phi) is 3.26. The van der Waals surface area contributed by atoms with Crippen molar-refractivity contribution in [2.75, 3.05) is 13.1 Å². The van der Waals surface area contributed by atoms with Crippen LogP contribution in [0.2, 0.25) is 0 Å². The van der Waals surface area contributed by atoms with Crippen molar-refractivity contribution < 1.29 is 9.59 Å². The lowest BCUT2D eigenvalue weighted by Crippen LogP contribution is -2.54. The van der Waals surface area contributed by atoms with E-state index in [9.17, 15) is 9.59 Å². The van der Waals surface area contributed by atoms with E-state index in [1.807, 2.05) is 18.2 Å². The van der Waals surface area contributed by atoms with Gasteiger partial charge in [-0.3, -0.25) is 14.6 Å². The molecule has 0 unspecified atom stereocenters. The summed E-state index contributed by atoms with van der Waals surface area (Å²) in [7, 11) is 0. The van der Waals surface area contributed by atoms with Crippen LogP contribution in [0, 0.1) is 5.92 Å². The summed E-state index contributed by atoms with van der Waals surface area (Å²) >= 11 is 0. The predicted molar refractivity (Wildman–Crippen MR) is 75.5 cm³/mol. The van der Waals surface area contributed by atoms with Gasteiger partial charge in [0.05, 0.1) is 12.0 Å². The average Bonchev–Trinajstić information content (AvgIpc) is 2.47. The van der Waals surface area contributed by atoms with Crippen molar-refractivity contribution in [3.05, 3.63) is 35.9 Å². The molecule has 0 saturated carbocycles. The number of likely N-dealkylation sites (tertiary alicyclic amines) is 1. The summed E-state index contributed by atoms with van der Waals surface area (Å²) in [6.07, 6.45) is 0.744. The Labute approximate surface area is 117 Å². The topological polar surface area (TPSA) is 61.8 Å². The van der Waals surface area contributed by atoms with E-state index in [0.717, 1.165) is 6.42 Å². The molecule has 0 bridgehead atoms. The van der Waals surface area contributed by atoms with Gasteiger partial charge in [0.15, 0.2) is 0 Å². The first-order valence-corrected chi connectivity index (χ1v) is 6.85. The number of hydrogen-bond acceptors (Lipinski definition) is 3. The van der Waals surface area contributed by atoms with Crippen LogP contribution in [0.5, 0.6) is 0 Å². The van der Waals surface area contributed by atoms with Gasteiger partial charge in [-0.05, 0) is 25.5 Å². The van der Waals surface area contributed by atoms with Crippen LogP contribution in [0.4, 0.5) is 0 Å². The minimum atomic E-state index is -0.222. The summed E-state index contributed by atoms with van der Waals surface area (Å²) in [5, 5.41) is 2.75. The number of carbonyl (C=O) groups excluding carboxylic acids is 2. The lowest BCUT2D eigenvalue weighted by atomic mass is 9.90. The fourth-order valence-electron chi connectivity index (χ4n) is 2.85. The Balaban J connectivity index is 1.76. The van der Waals surface area contributed by atoms with Gasteiger partial charge in [0.1, 0.15) is 5.84 Å². The third-order valence-corrected chi connectivity index (χ3v) is 3.88. The monoisotopic (exact) mass is 271 g/mol. The van der Waals surface area contributed by atoms with Gasteiger partial charge < -0.3 is 10.2 Å². The Hall–Kier alpha value is -2.17. The summed E-state index contributed by atoms with van der Waals surface area (Å²) in [5.41, 5.74) is 0.668. The van der Waals surface area contributed by atoms with Crippen molar-refractivity contribution >= 4 is 17.6 Å². The molecule has 0 aromatic heterocycles. The molecule has 0 spiro atoms. The molecular formula is C15H17N3O2. The molecule has 2 atom stereocenters. The lowest BCUT2D eigenvalue weighted by molar-refractivity contribution is -0.126. The number of hydrogen-bond donors (Lipinski definition) is 1. The number of nitrogens with zero attached hydrogens (tertiary/aromatic N) is 2. The SMILES string of the molecule is CC1=N[C@@H]2CCN(C(=O)c3ccccc3)C[C@@H]2C(=O)N1. The Morgan fingerprint density at radius 3 is 2.85 bits per heavy atom. The van der Waals surface area contributed by atoms with Crippen molar-refractivity contribution in [2.45, 2.75) is 19.4 Å². The van der Waals surface area contributed by atoms with Gasteiger partial charge in [0.2, 0.25) is 5.91 Å². The molecule has 2 aliphatic rings. The highest BCUT2D eigenvalue weighted by Crippen LogP contribution is 2.24. The molecule has 1 N–H and O–H groups in total. The largest absolute Gasteiger partial charge is 0.338 e. The average molecular weight is 271 g/mol. The van der Waals surface area contributed by atoms with Gasteiger partial charge >= 0.3 is 0 Å². The number of carbonyl (C=O) groups is 2. The van der Waals surface area contributed by atoms with E-state index in [0.29, 0.717) is 24.5 Å². The van der Waals surface area contributed by atoms with E-state index < -0.39 is 0 Å². The smallest absolute Gasteiger partial charge is 0.253 e. The maximum absolute atomic E-state index is 12.4. The van der Waals surface area contributed by atoms with E-state index in [4.69, 9.17) is 0 Å². The predicted octanol–water partition coefficient (Wildman–Crippen LogP) is 1.07. The fourth-order valence-corrected chi connectivity index (χ4v) is 2.85. The molecule has 5 nitrogen and oxygen atoms in total. The summed E-state index contributed by atoms with van der Waals surface area (Å²) in [6, 6.07) is 9.20. The van der Waals surface area contributed by atoms with Crippen LogP contribution in [-0.4, -0.2) is 41.7 Å². The van der Waals surface area contributed by atoms with E-state index in [2.05, 4.69) is 10.3 Å². The standard InChI is InChI=1S/C15H17N3O2/c1-10-16-13-7-8-18(9-12(13)14(19)17-10)15(20)11-5-3-2-4-6-11/h2-6,12-13H,7-9H2,1H3,(H,16,17,19)/t12-,13+/m0/s1. The van der Waals surface area contributed by atoms with Crippen LogP contribution in [0.3, 0.4) is 0 Å². The summed E-state index contributed by atoms with van der Waals surface area (Å²) in [5.74, 6) is 0.426. The van der Waals surface area contributed by atoms with Gasteiger partial charge in [-0.1, -0.05) is 18.2 Å². The van der Waals surface area contributed by atoms with Gasteiger partial charge in [-0.2, -0.15) is 0 Å². The van der Waals surface area contributed by atoms with Crippen molar-refractivity contribution in [1.29, 1.82) is 0 Å². The number of benzene rings is 1. The van der Waals surface area contributed by atoms with Crippen molar-refractivity contribution in [3.8, 4) is 0 Å². The zero-order valence-electron chi connectivity index (χ0n) is 11.4. The minimum absolute atomic E-state index is 0.0110. The molecule has 0 radical (unpaired) electrons. The molecule has 1 fully saturated rings. The second-order valence-corrected chi connectivity index (χ2v) is 5.28. The Morgan fingerprint density at radius 1 is 1.35 bits per heavy atom. The number of amidine groups is 1. The van der Waals surface area contributed by atoms with Crippen molar-refractivity contribution in [2.24, 2.45) is 10.9 Å². The molecule has 2 aliphatic heterocycles. The maximum Gasteiger partial charge on any atom is 0.253 e. The number of piperidine rings is 1. The van der Waals surface area contributed by atoms with E-state index >= 15 is 0 Å². The summed E-state index contributed by atoms with van der Waals surface area (Å²) in [4.78, 5) is 30.6.